The molecule has 4 rings (SSSR count). The molecule has 0 unspecified atom stereocenters. The maximum Gasteiger partial charge on any atom is 0.416 e. The summed E-state index contributed by atoms with van der Waals surface area (Å²) in [5.74, 6) is 0.0292. The minimum Gasteiger partial charge on any atom is -0.441 e. The lowest BCUT2D eigenvalue weighted by atomic mass is 9.84. The molecule has 1 aliphatic carbocycles. The SMILES string of the molecule is O=C(Nc1cccc(C(F)(F)F)c1)O[C@H]1CO[C@@H]2[C@@H]1OC[C@@H]2NC(=O)C1CCC1. The molecule has 2 aliphatic heterocycles. The molecule has 7 nitrogen and oxygen atoms in total. The van der Waals surface area contributed by atoms with E-state index >= 15 is 0 Å². The maximum atomic E-state index is 12.8. The van der Waals surface area contributed by atoms with Gasteiger partial charge in [0.15, 0.2) is 6.10 Å². The van der Waals surface area contributed by atoms with Gasteiger partial charge in [-0.1, -0.05) is 12.5 Å². The van der Waals surface area contributed by atoms with E-state index in [1.165, 1.54) is 12.1 Å². The zero-order valence-corrected chi connectivity index (χ0v) is 15.4. The Kier molecular flexibility index (Phi) is 5.39. The molecule has 158 valence electrons. The van der Waals surface area contributed by atoms with Gasteiger partial charge in [-0.05, 0) is 31.0 Å². The third-order valence-corrected chi connectivity index (χ3v) is 5.51. The van der Waals surface area contributed by atoms with Crippen molar-refractivity contribution in [2.45, 2.75) is 49.8 Å². The molecule has 1 aromatic carbocycles. The predicted octanol–water partition coefficient (Wildman–Crippen LogP) is 2.71. The molecule has 0 bridgehead atoms. The van der Waals surface area contributed by atoms with E-state index in [0.29, 0.717) is 0 Å². The van der Waals surface area contributed by atoms with E-state index in [2.05, 4.69) is 10.6 Å². The minimum absolute atomic E-state index is 0.0132. The van der Waals surface area contributed by atoms with Gasteiger partial charge in [0.25, 0.3) is 0 Å². The number of hydrogen-bond donors (Lipinski definition) is 2. The van der Waals surface area contributed by atoms with E-state index in [9.17, 15) is 22.8 Å². The normalized spacial score (nSPS) is 29.1. The van der Waals surface area contributed by atoms with Crippen LogP contribution in [-0.2, 0) is 25.2 Å². The van der Waals surface area contributed by atoms with Crippen molar-refractivity contribution in [1.29, 1.82) is 0 Å². The Labute approximate surface area is 164 Å². The molecule has 4 atom stereocenters. The quantitative estimate of drug-likeness (QED) is 0.791. The lowest BCUT2D eigenvalue weighted by molar-refractivity contribution is -0.137. The number of alkyl halides is 3. The second kappa shape index (κ2) is 7.83. The molecular weight excluding hydrogens is 393 g/mol. The molecule has 3 fully saturated rings. The van der Waals surface area contributed by atoms with Crippen molar-refractivity contribution in [3.05, 3.63) is 29.8 Å². The average Bonchev–Trinajstić information content (AvgIpc) is 3.16. The second-order valence-corrected chi connectivity index (χ2v) is 7.49. The molecule has 2 amide bonds. The highest BCUT2D eigenvalue weighted by molar-refractivity contribution is 5.85. The number of hydrogen-bond acceptors (Lipinski definition) is 5. The van der Waals surface area contributed by atoms with Gasteiger partial charge in [-0.25, -0.2) is 4.79 Å². The summed E-state index contributed by atoms with van der Waals surface area (Å²) in [6.45, 7) is 0.337. The van der Waals surface area contributed by atoms with Crippen LogP contribution >= 0.6 is 0 Å². The number of ether oxygens (including phenoxy) is 3. The van der Waals surface area contributed by atoms with Crippen molar-refractivity contribution in [3.8, 4) is 0 Å². The number of fused-ring (bicyclic) bond motifs is 1. The Balaban J connectivity index is 1.30. The zero-order chi connectivity index (χ0) is 20.6. The van der Waals surface area contributed by atoms with Gasteiger partial charge in [-0.15, -0.1) is 0 Å². The fourth-order valence-electron chi connectivity index (χ4n) is 3.72. The molecule has 0 radical (unpaired) electrons. The first-order valence-corrected chi connectivity index (χ1v) is 9.50. The molecule has 0 aromatic heterocycles. The van der Waals surface area contributed by atoms with Gasteiger partial charge < -0.3 is 19.5 Å². The molecule has 0 spiro atoms. The van der Waals surface area contributed by atoms with Gasteiger partial charge in [0.1, 0.15) is 12.2 Å². The molecule has 3 aliphatic rings. The highest BCUT2D eigenvalue weighted by Crippen LogP contribution is 2.32. The lowest BCUT2D eigenvalue weighted by Gasteiger charge is -2.27. The highest BCUT2D eigenvalue weighted by Gasteiger charge is 2.50. The van der Waals surface area contributed by atoms with E-state index in [1.807, 2.05) is 0 Å². The Hall–Kier alpha value is -2.33. The molecule has 10 heteroatoms. The summed E-state index contributed by atoms with van der Waals surface area (Å²) in [4.78, 5) is 24.3. The number of halogens is 3. The summed E-state index contributed by atoms with van der Waals surface area (Å²) >= 11 is 0. The minimum atomic E-state index is -4.51. The van der Waals surface area contributed by atoms with Crippen LogP contribution in [0.3, 0.4) is 0 Å². The van der Waals surface area contributed by atoms with E-state index in [-0.39, 0.29) is 36.8 Å². The largest absolute Gasteiger partial charge is 0.441 e. The smallest absolute Gasteiger partial charge is 0.416 e. The highest BCUT2D eigenvalue weighted by atomic mass is 19.4. The van der Waals surface area contributed by atoms with Crippen LogP contribution in [0.2, 0.25) is 0 Å². The topological polar surface area (TPSA) is 85.9 Å². The molecule has 2 saturated heterocycles. The number of amides is 2. The number of benzene rings is 1. The number of anilines is 1. The van der Waals surface area contributed by atoms with Gasteiger partial charge in [0.2, 0.25) is 5.91 Å². The van der Waals surface area contributed by atoms with Crippen LogP contribution in [0.1, 0.15) is 24.8 Å². The summed E-state index contributed by atoms with van der Waals surface area (Å²) in [5.41, 5.74) is -0.901. The van der Waals surface area contributed by atoms with Crippen molar-refractivity contribution in [2.24, 2.45) is 5.92 Å². The third-order valence-electron chi connectivity index (χ3n) is 5.51. The van der Waals surface area contributed by atoms with Crippen LogP contribution in [0.25, 0.3) is 0 Å². The first-order valence-electron chi connectivity index (χ1n) is 9.50. The molecular formula is C19H21F3N2O5. The van der Waals surface area contributed by atoms with Gasteiger partial charge in [-0.3, -0.25) is 10.1 Å². The van der Waals surface area contributed by atoms with Gasteiger partial charge in [0, 0.05) is 11.6 Å². The van der Waals surface area contributed by atoms with Crippen LogP contribution in [0.4, 0.5) is 23.7 Å². The van der Waals surface area contributed by atoms with Gasteiger partial charge in [0.05, 0.1) is 24.8 Å². The predicted molar refractivity (Wildman–Crippen MR) is 94.1 cm³/mol. The standard InChI is InChI=1S/C19H21F3N2O5/c20-19(21,22)11-5-2-6-12(7-11)23-18(26)29-14-9-28-15-13(8-27-16(14)15)24-17(25)10-3-1-4-10/h2,5-7,10,13-16H,1,3-4,8-9H2,(H,23,26)(H,24,25)/t13-,14-,15-,16+/m0/s1. The molecule has 2 heterocycles. The second-order valence-electron chi connectivity index (χ2n) is 7.49. The Morgan fingerprint density at radius 1 is 1.10 bits per heavy atom. The fraction of sp³-hybridized carbons (Fsp3) is 0.579. The molecule has 1 saturated carbocycles. The first kappa shape index (κ1) is 20.0. The number of carbonyl (C=O) groups is 2. The summed E-state index contributed by atoms with van der Waals surface area (Å²) in [5, 5.41) is 5.23. The van der Waals surface area contributed by atoms with Gasteiger partial charge in [-0.2, -0.15) is 13.2 Å². The lowest BCUT2D eigenvalue weighted by Crippen LogP contribution is -2.47. The first-order chi connectivity index (χ1) is 13.8. The third kappa shape index (κ3) is 4.32. The average molecular weight is 414 g/mol. The van der Waals surface area contributed by atoms with Crippen molar-refractivity contribution < 1.29 is 37.0 Å². The van der Waals surface area contributed by atoms with Crippen molar-refractivity contribution in [2.75, 3.05) is 18.5 Å². The zero-order valence-electron chi connectivity index (χ0n) is 15.4. The fourth-order valence-corrected chi connectivity index (χ4v) is 3.72. The van der Waals surface area contributed by atoms with Crippen LogP contribution in [0, 0.1) is 5.92 Å². The summed E-state index contributed by atoms with van der Waals surface area (Å²) in [6.07, 6.45) is -4.26. The van der Waals surface area contributed by atoms with E-state index < -0.39 is 36.1 Å². The van der Waals surface area contributed by atoms with Gasteiger partial charge >= 0.3 is 12.3 Å². The Morgan fingerprint density at radius 2 is 1.86 bits per heavy atom. The maximum absolute atomic E-state index is 12.8. The molecule has 1 aromatic rings. The van der Waals surface area contributed by atoms with E-state index in [1.54, 1.807) is 0 Å². The van der Waals surface area contributed by atoms with E-state index in [4.69, 9.17) is 14.2 Å². The number of carbonyl (C=O) groups excluding carboxylic acids is 2. The summed E-state index contributed by atoms with van der Waals surface area (Å²) in [7, 11) is 0. The summed E-state index contributed by atoms with van der Waals surface area (Å²) < 4.78 is 54.9. The molecule has 29 heavy (non-hydrogen) atoms. The van der Waals surface area contributed by atoms with E-state index in [0.717, 1.165) is 31.4 Å². The van der Waals surface area contributed by atoms with Crippen LogP contribution in [-0.4, -0.2) is 49.6 Å². The monoisotopic (exact) mass is 414 g/mol. The molecule has 2 N–H and O–H groups in total. The van der Waals surface area contributed by atoms with Crippen molar-refractivity contribution in [3.63, 3.8) is 0 Å². The van der Waals surface area contributed by atoms with Crippen molar-refractivity contribution in [1.82, 2.24) is 5.32 Å². The Morgan fingerprint density at radius 3 is 2.55 bits per heavy atom. The Bertz CT molecular complexity index is 783. The van der Waals surface area contributed by atoms with Crippen LogP contribution < -0.4 is 10.6 Å². The van der Waals surface area contributed by atoms with Crippen LogP contribution in [0.5, 0.6) is 0 Å². The number of rotatable bonds is 4. The number of nitrogens with one attached hydrogen (secondary N) is 2. The summed E-state index contributed by atoms with van der Waals surface area (Å²) in [6, 6.07) is 3.96. The van der Waals surface area contributed by atoms with Crippen molar-refractivity contribution >= 4 is 17.7 Å². The van der Waals surface area contributed by atoms with Crippen LogP contribution in [0.15, 0.2) is 24.3 Å².